The molecule has 74 valence electrons. The molecule has 0 N–H and O–H groups in total. The van der Waals surface area contributed by atoms with Gasteiger partial charge in [0, 0.05) is 0 Å². The summed E-state index contributed by atoms with van der Waals surface area (Å²) in [5.41, 5.74) is 0. The Labute approximate surface area is 79.7 Å². The smallest absolute Gasteiger partial charge is 0.294 e. The quantitative estimate of drug-likeness (QED) is 0.381. The van der Waals surface area contributed by atoms with Gasteiger partial charge in [0.25, 0.3) is 5.09 Å². The molecule has 0 aromatic carbocycles. The first-order chi connectivity index (χ1) is 6.18. The number of thiol groups is 1. The zero-order valence-corrected chi connectivity index (χ0v) is 7.55. The largest absolute Gasteiger partial charge is 0.372 e. The highest BCUT2D eigenvalue weighted by molar-refractivity contribution is 7.81. The molecule has 2 aliphatic heterocycles. The average Bonchev–Trinajstić information content (AvgIpc) is 2.56. The Bertz CT molecular complexity index is 225. The summed E-state index contributed by atoms with van der Waals surface area (Å²) in [5.74, 6) is 0. The van der Waals surface area contributed by atoms with E-state index in [1.807, 2.05) is 0 Å². The van der Waals surface area contributed by atoms with E-state index in [1.54, 1.807) is 0 Å². The molecule has 0 saturated carbocycles. The summed E-state index contributed by atoms with van der Waals surface area (Å²) in [7, 11) is 0. The van der Waals surface area contributed by atoms with E-state index in [2.05, 4.69) is 17.5 Å². The van der Waals surface area contributed by atoms with Crippen LogP contribution >= 0.6 is 12.6 Å². The van der Waals surface area contributed by atoms with Gasteiger partial charge in [-0.3, -0.25) is 0 Å². The molecule has 0 aromatic heterocycles. The van der Waals surface area contributed by atoms with Gasteiger partial charge in [0.1, 0.15) is 6.10 Å². The van der Waals surface area contributed by atoms with Crippen LogP contribution in [0, 0.1) is 10.1 Å². The van der Waals surface area contributed by atoms with Crippen LogP contribution in [-0.2, 0) is 14.3 Å². The van der Waals surface area contributed by atoms with Gasteiger partial charge in [-0.25, -0.2) is 0 Å². The number of ether oxygens (including phenoxy) is 2. The molecule has 6 nitrogen and oxygen atoms in total. The van der Waals surface area contributed by atoms with Crippen LogP contribution in [0.15, 0.2) is 0 Å². The minimum absolute atomic E-state index is 0.00893. The van der Waals surface area contributed by atoms with E-state index in [0.29, 0.717) is 6.61 Å². The van der Waals surface area contributed by atoms with Crippen molar-refractivity contribution in [1.29, 1.82) is 0 Å². The fourth-order valence-electron chi connectivity index (χ4n) is 1.64. The van der Waals surface area contributed by atoms with Crippen LogP contribution in [0.3, 0.4) is 0 Å². The molecule has 0 bridgehead atoms. The van der Waals surface area contributed by atoms with Crippen LogP contribution in [0.2, 0.25) is 0 Å². The maximum absolute atomic E-state index is 10.1. The van der Waals surface area contributed by atoms with Gasteiger partial charge < -0.3 is 14.3 Å². The lowest BCUT2D eigenvalue weighted by atomic mass is 10.1. The van der Waals surface area contributed by atoms with Crippen molar-refractivity contribution in [3.05, 3.63) is 10.1 Å². The number of hydrogen-bond acceptors (Lipinski definition) is 6. The minimum Gasteiger partial charge on any atom is -0.372 e. The molecule has 0 radical (unpaired) electrons. The summed E-state index contributed by atoms with van der Waals surface area (Å²) >= 11 is 4.22. The van der Waals surface area contributed by atoms with E-state index in [9.17, 15) is 10.1 Å². The van der Waals surface area contributed by atoms with E-state index in [-0.39, 0.29) is 24.1 Å². The van der Waals surface area contributed by atoms with Gasteiger partial charge in [-0.1, -0.05) is 0 Å². The highest BCUT2D eigenvalue weighted by Crippen LogP contribution is 2.31. The Balaban J connectivity index is 1.98. The third kappa shape index (κ3) is 1.59. The van der Waals surface area contributed by atoms with Crippen molar-refractivity contribution in [3.8, 4) is 0 Å². The van der Waals surface area contributed by atoms with Gasteiger partial charge in [0.05, 0.1) is 24.6 Å². The average molecular weight is 207 g/mol. The Morgan fingerprint density at radius 2 is 2.08 bits per heavy atom. The Kier molecular flexibility index (Phi) is 2.31. The third-order valence-corrected chi connectivity index (χ3v) is 2.65. The maximum Gasteiger partial charge on any atom is 0.294 e. The van der Waals surface area contributed by atoms with Crippen LogP contribution in [0.25, 0.3) is 0 Å². The number of nitrogens with zero attached hydrogens (tertiary/aromatic N) is 1. The topological polar surface area (TPSA) is 70.8 Å². The molecule has 2 saturated heterocycles. The molecule has 0 amide bonds. The van der Waals surface area contributed by atoms with E-state index in [0.717, 1.165) is 0 Å². The molecule has 0 aromatic rings. The van der Waals surface area contributed by atoms with E-state index in [1.165, 1.54) is 0 Å². The molecule has 13 heavy (non-hydrogen) atoms. The van der Waals surface area contributed by atoms with Crippen LogP contribution in [0.4, 0.5) is 0 Å². The van der Waals surface area contributed by atoms with Gasteiger partial charge >= 0.3 is 0 Å². The summed E-state index contributed by atoms with van der Waals surface area (Å²) in [5, 5.41) is 9.26. The molecular formula is C6H9NO5S. The van der Waals surface area contributed by atoms with Crippen molar-refractivity contribution < 1.29 is 19.4 Å². The van der Waals surface area contributed by atoms with Crippen molar-refractivity contribution in [3.63, 3.8) is 0 Å². The van der Waals surface area contributed by atoms with E-state index in [4.69, 9.17) is 9.47 Å². The second kappa shape index (κ2) is 3.32. The fraction of sp³-hybridized carbons (Fsp3) is 1.00. The second-order valence-electron chi connectivity index (χ2n) is 3.03. The predicted octanol–water partition coefficient (Wildman–Crippen LogP) is -0.341. The van der Waals surface area contributed by atoms with Crippen LogP contribution in [0.1, 0.15) is 0 Å². The van der Waals surface area contributed by atoms with E-state index < -0.39 is 11.2 Å². The van der Waals surface area contributed by atoms with Gasteiger partial charge in [-0.2, -0.15) is 12.6 Å². The molecule has 2 rings (SSSR count). The summed E-state index contributed by atoms with van der Waals surface area (Å²) in [6.45, 7) is 0.656. The molecule has 2 unspecified atom stereocenters. The van der Waals surface area contributed by atoms with Crippen LogP contribution in [-0.4, -0.2) is 41.9 Å². The SMILES string of the molecule is O=[N+]([O-])O[C@@H]1COC2C1OC[C@H]2S. The molecule has 2 heterocycles. The summed E-state index contributed by atoms with van der Waals surface area (Å²) in [6, 6.07) is 0. The third-order valence-electron chi connectivity index (χ3n) is 2.20. The molecule has 4 atom stereocenters. The van der Waals surface area contributed by atoms with Crippen molar-refractivity contribution in [2.24, 2.45) is 0 Å². The maximum atomic E-state index is 10.1. The number of rotatable bonds is 2. The minimum atomic E-state index is -0.814. The lowest BCUT2D eigenvalue weighted by Crippen LogP contribution is -2.33. The first kappa shape index (κ1) is 9.04. The molecule has 0 spiro atoms. The number of hydrogen-bond donors (Lipinski definition) is 1. The zero-order valence-electron chi connectivity index (χ0n) is 6.66. The van der Waals surface area contributed by atoms with Crippen molar-refractivity contribution in [2.45, 2.75) is 23.6 Å². The summed E-state index contributed by atoms with van der Waals surface area (Å²) < 4.78 is 10.5. The summed E-state index contributed by atoms with van der Waals surface area (Å²) in [4.78, 5) is 14.5. The Morgan fingerprint density at radius 1 is 1.38 bits per heavy atom. The van der Waals surface area contributed by atoms with Gasteiger partial charge in [0.2, 0.25) is 0 Å². The Hall–Kier alpha value is -0.530. The first-order valence-electron chi connectivity index (χ1n) is 3.91. The lowest BCUT2D eigenvalue weighted by Gasteiger charge is -2.12. The highest BCUT2D eigenvalue weighted by Gasteiger charge is 2.48. The highest BCUT2D eigenvalue weighted by atomic mass is 32.1. The monoisotopic (exact) mass is 207 g/mol. The predicted molar refractivity (Wildman–Crippen MR) is 44.1 cm³/mol. The zero-order chi connectivity index (χ0) is 9.42. The van der Waals surface area contributed by atoms with Crippen molar-refractivity contribution in [2.75, 3.05) is 13.2 Å². The van der Waals surface area contributed by atoms with Crippen molar-refractivity contribution >= 4 is 12.6 Å². The summed E-state index contributed by atoms with van der Waals surface area (Å²) in [6.07, 6.45) is -1.11. The number of fused-ring (bicyclic) bond motifs is 1. The van der Waals surface area contributed by atoms with E-state index >= 15 is 0 Å². The van der Waals surface area contributed by atoms with Gasteiger partial charge in [-0.15, -0.1) is 10.1 Å². The van der Waals surface area contributed by atoms with Crippen molar-refractivity contribution in [1.82, 2.24) is 0 Å². The molecule has 0 aliphatic carbocycles. The van der Waals surface area contributed by atoms with Gasteiger partial charge in [-0.05, 0) is 0 Å². The standard InChI is InChI=1S/C6H9NO5S/c8-7(9)12-3-1-10-6-4(13)2-11-5(3)6/h3-6,13H,1-2H2/t3-,4-,5?,6?/m1/s1. The molecule has 2 fully saturated rings. The molecular weight excluding hydrogens is 198 g/mol. The molecule has 7 heteroatoms. The van der Waals surface area contributed by atoms with Crippen LogP contribution in [0.5, 0.6) is 0 Å². The first-order valence-corrected chi connectivity index (χ1v) is 4.42. The Morgan fingerprint density at radius 3 is 2.77 bits per heavy atom. The lowest BCUT2D eigenvalue weighted by molar-refractivity contribution is -0.769. The van der Waals surface area contributed by atoms with Gasteiger partial charge in [0.15, 0.2) is 6.10 Å². The second-order valence-corrected chi connectivity index (χ2v) is 3.69. The van der Waals surface area contributed by atoms with Crippen LogP contribution < -0.4 is 0 Å². The molecule has 2 aliphatic rings. The fourth-order valence-corrected chi connectivity index (χ4v) is 1.99. The normalized spacial score (nSPS) is 43.2.